The maximum atomic E-state index is 5.35. The van der Waals surface area contributed by atoms with Gasteiger partial charge in [-0.15, -0.1) is 0 Å². The van der Waals surface area contributed by atoms with Crippen molar-refractivity contribution in [3.05, 3.63) is 23.9 Å². The zero-order chi connectivity index (χ0) is 7.98. The zero-order valence-electron chi connectivity index (χ0n) is 6.13. The number of hydrogen-bond acceptors (Lipinski definition) is 2. The number of nitrogen functional groups attached to an aromatic ring is 1. The van der Waals surface area contributed by atoms with Gasteiger partial charge in [-0.3, -0.25) is 0 Å². The van der Waals surface area contributed by atoms with Crippen molar-refractivity contribution in [2.24, 2.45) is 0 Å². The molecule has 0 aliphatic heterocycles. The van der Waals surface area contributed by atoms with E-state index in [1.165, 1.54) is 0 Å². The topological polar surface area (TPSA) is 38.9 Å². The maximum absolute atomic E-state index is 5.35. The Labute approximate surface area is 75.0 Å². The Hall–Kier alpha value is -0.320. The van der Waals surface area contributed by atoms with Crippen molar-refractivity contribution >= 4 is 28.4 Å². The molecular weight excluding hydrogens is 239 g/mol. The molecule has 0 aliphatic rings. The van der Waals surface area contributed by atoms with E-state index in [0.717, 1.165) is 5.69 Å². The van der Waals surface area contributed by atoms with Crippen LogP contribution < -0.4 is 5.73 Å². The molecule has 1 rings (SSSR count). The second-order valence-corrected chi connectivity index (χ2v) is 1.70. The molecule has 0 atom stereocenters. The highest BCUT2D eigenvalue weighted by Crippen LogP contribution is 1.96. The Morgan fingerprint density at radius 1 is 1.40 bits per heavy atom. The first kappa shape index (κ1) is 9.68. The van der Waals surface area contributed by atoms with Crippen LogP contribution >= 0.6 is 22.6 Å². The number of halogens is 1. The third kappa shape index (κ3) is 3.66. The smallest absolute Gasteiger partial charge is 0.123 e. The molecule has 1 aromatic heterocycles. The van der Waals surface area contributed by atoms with Gasteiger partial charge >= 0.3 is 0 Å². The van der Waals surface area contributed by atoms with Gasteiger partial charge in [-0.05, 0) is 24.0 Å². The molecule has 0 amide bonds. The fourth-order valence-electron chi connectivity index (χ4n) is 0.564. The fraction of sp³-hybridized carbons (Fsp3) is 0.286. The number of anilines is 1. The number of alkyl halides is 1. The third-order valence-corrected chi connectivity index (χ3v) is 0.910. The minimum atomic E-state index is 0.588. The fourth-order valence-corrected chi connectivity index (χ4v) is 0.564. The van der Waals surface area contributed by atoms with Crippen LogP contribution in [0.1, 0.15) is 5.69 Å². The number of aryl methyl sites for hydroxylation is 1. The molecule has 1 heterocycles. The molecule has 56 valence electrons. The summed E-state index contributed by atoms with van der Waals surface area (Å²) in [4.78, 5) is 5.92. The van der Waals surface area contributed by atoms with Crippen LogP contribution in [0.4, 0.5) is 5.82 Å². The molecular formula is C7H11IN2. The highest BCUT2D eigenvalue weighted by atomic mass is 127. The van der Waals surface area contributed by atoms with Crippen molar-refractivity contribution < 1.29 is 0 Å². The predicted molar refractivity (Wildman–Crippen MR) is 53.3 cm³/mol. The van der Waals surface area contributed by atoms with Crippen LogP contribution in [0.5, 0.6) is 0 Å². The van der Waals surface area contributed by atoms with E-state index in [1.54, 1.807) is 6.07 Å². The second kappa shape index (κ2) is 5.46. The summed E-state index contributed by atoms with van der Waals surface area (Å²) >= 11 is 2.15. The van der Waals surface area contributed by atoms with Crippen molar-refractivity contribution in [2.75, 3.05) is 10.7 Å². The largest absolute Gasteiger partial charge is 0.384 e. The molecule has 0 saturated carbocycles. The lowest BCUT2D eigenvalue weighted by atomic mass is 10.4. The standard InChI is InChI=1S/C6H8N2.CH3I/c1-5-3-2-4-6(7)8-5;1-2/h2-4H,1H3,(H2,7,8);1H3. The van der Waals surface area contributed by atoms with E-state index in [2.05, 4.69) is 27.6 Å². The Bertz CT molecular complexity index is 171. The number of aromatic nitrogens is 1. The molecule has 0 unspecified atom stereocenters. The molecule has 1 aromatic rings. The minimum Gasteiger partial charge on any atom is -0.384 e. The highest BCUT2D eigenvalue weighted by molar-refractivity contribution is 14.1. The number of nitrogens with zero attached hydrogens (tertiary/aromatic N) is 1. The van der Waals surface area contributed by atoms with Gasteiger partial charge in [0.15, 0.2) is 0 Å². The van der Waals surface area contributed by atoms with E-state index in [9.17, 15) is 0 Å². The molecule has 0 aliphatic carbocycles. The zero-order valence-corrected chi connectivity index (χ0v) is 8.29. The molecule has 0 spiro atoms. The Morgan fingerprint density at radius 2 is 2.00 bits per heavy atom. The summed E-state index contributed by atoms with van der Waals surface area (Å²) in [6.45, 7) is 1.91. The molecule has 2 N–H and O–H groups in total. The summed E-state index contributed by atoms with van der Waals surface area (Å²) < 4.78 is 0. The first-order chi connectivity index (χ1) is 4.79. The second-order valence-electron chi connectivity index (χ2n) is 1.70. The number of rotatable bonds is 0. The summed E-state index contributed by atoms with van der Waals surface area (Å²) in [7, 11) is 0. The van der Waals surface area contributed by atoms with Crippen molar-refractivity contribution in [2.45, 2.75) is 6.92 Å². The van der Waals surface area contributed by atoms with Gasteiger partial charge in [-0.1, -0.05) is 28.7 Å². The van der Waals surface area contributed by atoms with Crippen molar-refractivity contribution in [1.29, 1.82) is 0 Å². The molecule has 0 aromatic carbocycles. The SMILES string of the molecule is CI.Cc1cccc(N)n1. The molecule has 2 nitrogen and oxygen atoms in total. The molecule has 0 fully saturated rings. The average Bonchev–Trinajstić information content (AvgIpc) is 1.91. The van der Waals surface area contributed by atoms with Gasteiger partial charge in [0, 0.05) is 5.69 Å². The highest BCUT2D eigenvalue weighted by Gasteiger charge is 1.82. The minimum absolute atomic E-state index is 0.588. The Balaban J connectivity index is 0.000000371. The molecule has 3 heteroatoms. The molecule has 10 heavy (non-hydrogen) atoms. The number of pyridine rings is 1. The van der Waals surface area contributed by atoms with Gasteiger partial charge in [0.25, 0.3) is 0 Å². The van der Waals surface area contributed by atoms with Crippen LogP contribution in [-0.2, 0) is 0 Å². The lowest BCUT2D eigenvalue weighted by Crippen LogP contribution is -1.89. The summed E-state index contributed by atoms with van der Waals surface area (Å²) in [6.07, 6.45) is 0. The van der Waals surface area contributed by atoms with E-state index in [4.69, 9.17) is 5.73 Å². The number of hydrogen-bond donors (Lipinski definition) is 1. The Kier molecular flexibility index (Phi) is 5.29. The lowest BCUT2D eigenvalue weighted by Gasteiger charge is -1.90. The maximum Gasteiger partial charge on any atom is 0.123 e. The molecule has 0 bridgehead atoms. The van der Waals surface area contributed by atoms with Gasteiger partial charge < -0.3 is 5.73 Å². The Morgan fingerprint density at radius 3 is 2.30 bits per heavy atom. The summed E-state index contributed by atoms with van der Waals surface area (Å²) in [5.74, 6) is 0.588. The van der Waals surface area contributed by atoms with Crippen molar-refractivity contribution in [3.8, 4) is 0 Å². The predicted octanol–water partition coefficient (Wildman–Crippen LogP) is 2.02. The van der Waals surface area contributed by atoms with E-state index in [0.29, 0.717) is 5.82 Å². The first-order valence-corrected chi connectivity index (χ1v) is 5.02. The van der Waals surface area contributed by atoms with Gasteiger partial charge in [0.05, 0.1) is 0 Å². The van der Waals surface area contributed by atoms with Crippen molar-refractivity contribution in [1.82, 2.24) is 4.98 Å². The first-order valence-electron chi connectivity index (χ1n) is 2.86. The summed E-state index contributed by atoms with van der Waals surface area (Å²) in [5, 5.41) is 0. The average molecular weight is 250 g/mol. The van der Waals surface area contributed by atoms with E-state index < -0.39 is 0 Å². The van der Waals surface area contributed by atoms with Crippen molar-refractivity contribution in [3.63, 3.8) is 0 Å². The van der Waals surface area contributed by atoms with E-state index >= 15 is 0 Å². The number of nitrogens with two attached hydrogens (primary N) is 1. The quantitative estimate of drug-likeness (QED) is 0.565. The van der Waals surface area contributed by atoms with E-state index in [-0.39, 0.29) is 0 Å². The lowest BCUT2D eigenvalue weighted by molar-refractivity contribution is 1.21. The summed E-state index contributed by atoms with van der Waals surface area (Å²) in [6, 6.07) is 5.57. The van der Waals surface area contributed by atoms with Crippen LogP contribution in [0.15, 0.2) is 18.2 Å². The van der Waals surface area contributed by atoms with Crippen LogP contribution in [0.3, 0.4) is 0 Å². The van der Waals surface area contributed by atoms with Crippen LogP contribution in [0.25, 0.3) is 0 Å². The van der Waals surface area contributed by atoms with Gasteiger partial charge in [0.2, 0.25) is 0 Å². The molecule has 0 radical (unpaired) electrons. The monoisotopic (exact) mass is 250 g/mol. The third-order valence-electron chi connectivity index (χ3n) is 0.910. The van der Waals surface area contributed by atoms with Gasteiger partial charge in [-0.2, -0.15) is 0 Å². The van der Waals surface area contributed by atoms with Gasteiger partial charge in [-0.25, -0.2) is 4.98 Å². The van der Waals surface area contributed by atoms with Gasteiger partial charge in [0.1, 0.15) is 5.82 Å². The van der Waals surface area contributed by atoms with Crippen LogP contribution in [-0.4, -0.2) is 9.91 Å². The summed E-state index contributed by atoms with van der Waals surface area (Å²) in [5.41, 5.74) is 6.31. The molecule has 0 saturated heterocycles. The normalized spacial score (nSPS) is 7.90. The van der Waals surface area contributed by atoms with E-state index in [1.807, 2.05) is 24.0 Å². The van der Waals surface area contributed by atoms with Crippen LogP contribution in [0, 0.1) is 6.92 Å². The van der Waals surface area contributed by atoms with Crippen LogP contribution in [0.2, 0.25) is 0 Å².